The fraction of sp³-hybridized carbons (Fsp3) is 0.500. The molecular formula is C18H26N5O4S+. The Bertz CT molecular complexity index is 860. The van der Waals surface area contributed by atoms with Crippen LogP contribution in [0.2, 0.25) is 0 Å². The van der Waals surface area contributed by atoms with Crippen LogP contribution < -0.4 is 11.5 Å². The lowest BCUT2D eigenvalue weighted by Gasteiger charge is -2.18. The van der Waals surface area contributed by atoms with Crippen molar-refractivity contribution < 1.29 is 20.1 Å². The lowest BCUT2D eigenvalue weighted by molar-refractivity contribution is -0.138. The smallest absolute Gasteiger partial charge is 0.320 e. The second-order valence-electron chi connectivity index (χ2n) is 7.08. The van der Waals surface area contributed by atoms with E-state index in [4.69, 9.17) is 16.6 Å². The molecule has 0 aliphatic heterocycles. The molecule has 9 nitrogen and oxygen atoms in total. The fourth-order valence-electron chi connectivity index (χ4n) is 3.65. The Balaban J connectivity index is 1.72. The van der Waals surface area contributed by atoms with Crippen LogP contribution in [0.3, 0.4) is 0 Å². The normalized spacial score (nSPS) is 27.0. The van der Waals surface area contributed by atoms with Gasteiger partial charge in [0.15, 0.2) is 5.65 Å². The van der Waals surface area contributed by atoms with E-state index in [0.29, 0.717) is 41.2 Å². The van der Waals surface area contributed by atoms with Crippen LogP contribution in [0.25, 0.3) is 11.2 Å². The first kappa shape index (κ1) is 20.6. The van der Waals surface area contributed by atoms with Gasteiger partial charge in [-0.3, -0.25) is 4.79 Å². The summed E-state index contributed by atoms with van der Waals surface area (Å²) in [6, 6.07) is 0.395. The van der Waals surface area contributed by atoms with Gasteiger partial charge in [0, 0.05) is 29.4 Å². The molecule has 7 N–H and O–H groups in total. The zero-order chi connectivity index (χ0) is 20.4. The fourth-order valence-corrected chi connectivity index (χ4v) is 5.56. The molecule has 0 spiro atoms. The van der Waals surface area contributed by atoms with Gasteiger partial charge in [0.1, 0.15) is 34.6 Å². The number of aliphatic carboxylic acids is 1. The van der Waals surface area contributed by atoms with Crippen molar-refractivity contribution >= 4 is 33.7 Å². The number of rotatable bonds is 8. The number of aromatic nitrogens is 3. The van der Waals surface area contributed by atoms with Crippen molar-refractivity contribution in [2.24, 2.45) is 11.7 Å². The Morgan fingerprint density at radius 1 is 1.43 bits per heavy atom. The zero-order valence-electron chi connectivity index (χ0n) is 15.4. The van der Waals surface area contributed by atoms with E-state index in [1.54, 1.807) is 28.6 Å². The third-order valence-corrected chi connectivity index (χ3v) is 7.38. The SMILES string of the molecule is C=C[S+](CCC(N)C(=O)O)C[C@H]1C[C@@H](n2cnc3c(N)ccnc32)[C@@H](O)C1O. The number of anilines is 1. The van der Waals surface area contributed by atoms with E-state index < -0.39 is 24.2 Å². The van der Waals surface area contributed by atoms with Gasteiger partial charge in [0.25, 0.3) is 0 Å². The van der Waals surface area contributed by atoms with Crippen molar-refractivity contribution in [3.63, 3.8) is 0 Å². The molecule has 28 heavy (non-hydrogen) atoms. The molecule has 1 saturated carbocycles. The number of aliphatic hydroxyl groups excluding tert-OH is 2. The van der Waals surface area contributed by atoms with E-state index in [1.165, 1.54) is 0 Å². The van der Waals surface area contributed by atoms with Gasteiger partial charge in [-0.1, -0.05) is 6.58 Å². The number of aliphatic hydroxyl groups is 2. The lowest BCUT2D eigenvalue weighted by atomic mass is 10.1. The molecule has 3 unspecified atom stereocenters. The van der Waals surface area contributed by atoms with Gasteiger partial charge in [-0.05, 0) is 12.5 Å². The third kappa shape index (κ3) is 4.00. The first-order valence-corrected chi connectivity index (χ1v) is 10.7. The minimum Gasteiger partial charge on any atom is -0.480 e. The maximum Gasteiger partial charge on any atom is 0.320 e. The van der Waals surface area contributed by atoms with Gasteiger partial charge >= 0.3 is 5.97 Å². The molecule has 0 amide bonds. The Kier molecular flexibility index (Phi) is 6.23. The van der Waals surface area contributed by atoms with Crippen molar-refractivity contribution in [3.05, 3.63) is 30.6 Å². The quantitative estimate of drug-likeness (QED) is 0.377. The summed E-state index contributed by atoms with van der Waals surface area (Å²) in [5, 5.41) is 31.9. The third-order valence-electron chi connectivity index (χ3n) is 5.29. The molecule has 10 heteroatoms. The number of carbonyl (C=O) groups is 1. The van der Waals surface area contributed by atoms with Gasteiger partial charge in [0.05, 0.1) is 24.2 Å². The van der Waals surface area contributed by atoms with E-state index in [0.717, 1.165) is 0 Å². The molecule has 2 aromatic heterocycles. The van der Waals surface area contributed by atoms with Crippen molar-refractivity contribution in [1.82, 2.24) is 14.5 Å². The highest BCUT2D eigenvalue weighted by atomic mass is 32.2. The molecule has 0 aromatic carbocycles. The van der Waals surface area contributed by atoms with E-state index in [9.17, 15) is 15.0 Å². The van der Waals surface area contributed by atoms with Crippen LogP contribution in [0.5, 0.6) is 0 Å². The second-order valence-corrected chi connectivity index (χ2v) is 9.23. The Hall–Kier alpha value is -2.14. The number of fused-ring (bicyclic) bond motifs is 1. The number of carboxylic acid groups (broad SMARTS) is 1. The minimum atomic E-state index is -1.03. The van der Waals surface area contributed by atoms with Crippen molar-refractivity contribution in [3.8, 4) is 0 Å². The molecule has 0 bridgehead atoms. The molecule has 0 saturated heterocycles. The molecule has 1 aliphatic rings. The molecule has 2 aromatic rings. The van der Waals surface area contributed by atoms with Crippen molar-refractivity contribution in [2.75, 3.05) is 17.2 Å². The highest BCUT2D eigenvalue weighted by Gasteiger charge is 2.45. The van der Waals surface area contributed by atoms with Gasteiger partial charge in [0.2, 0.25) is 0 Å². The van der Waals surface area contributed by atoms with Crippen LogP contribution in [0.4, 0.5) is 5.69 Å². The highest BCUT2D eigenvalue weighted by Crippen LogP contribution is 2.38. The Labute approximate surface area is 165 Å². The molecule has 0 radical (unpaired) electrons. The predicted molar refractivity (Wildman–Crippen MR) is 109 cm³/mol. The summed E-state index contributed by atoms with van der Waals surface area (Å²) in [4.78, 5) is 19.5. The van der Waals surface area contributed by atoms with Gasteiger partial charge in [-0.2, -0.15) is 0 Å². The maximum absolute atomic E-state index is 10.9. The number of nitrogen functional groups attached to an aromatic ring is 1. The molecule has 1 aliphatic carbocycles. The zero-order valence-corrected chi connectivity index (χ0v) is 16.2. The Morgan fingerprint density at radius 3 is 2.86 bits per heavy atom. The lowest BCUT2D eigenvalue weighted by Crippen LogP contribution is -2.34. The molecule has 6 atom stereocenters. The van der Waals surface area contributed by atoms with E-state index >= 15 is 0 Å². The van der Waals surface area contributed by atoms with E-state index in [1.807, 2.05) is 0 Å². The number of imidazole rings is 1. The summed E-state index contributed by atoms with van der Waals surface area (Å²) >= 11 is 0. The molecule has 152 valence electrons. The maximum atomic E-state index is 10.9. The summed E-state index contributed by atoms with van der Waals surface area (Å²) in [6.45, 7) is 3.83. The van der Waals surface area contributed by atoms with Crippen LogP contribution in [0.15, 0.2) is 30.6 Å². The van der Waals surface area contributed by atoms with Crippen LogP contribution in [0, 0.1) is 5.92 Å². The number of nitrogens with zero attached hydrogens (tertiary/aromatic N) is 3. The summed E-state index contributed by atoms with van der Waals surface area (Å²) in [5.41, 5.74) is 13.2. The first-order chi connectivity index (χ1) is 13.3. The number of hydrogen-bond acceptors (Lipinski definition) is 7. The largest absolute Gasteiger partial charge is 0.480 e. The van der Waals surface area contributed by atoms with Crippen LogP contribution >= 0.6 is 0 Å². The number of nitrogens with two attached hydrogens (primary N) is 2. The number of pyridine rings is 1. The van der Waals surface area contributed by atoms with E-state index in [-0.39, 0.29) is 22.9 Å². The van der Waals surface area contributed by atoms with Gasteiger partial charge in [-0.25, -0.2) is 9.97 Å². The minimum absolute atomic E-state index is 0.152. The molecule has 1 fully saturated rings. The van der Waals surface area contributed by atoms with Crippen LogP contribution in [-0.2, 0) is 15.7 Å². The van der Waals surface area contributed by atoms with E-state index in [2.05, 4.69) is 16.5 Å². The highest BCUT2D eigenvalue weighted by molar-refractivity contribution is 7.99. The first-order valence-electron chi connectivity index (χ1n) is 9.03. The average Bonchev–Trinajstić information content (AvgIpc) is 3.21. The standard InChI is InChI=1S/C18H25N5O4S/c1-2-28(6-4-12(20)18(26)27)8-10-7-13(16(25)15(10)24)23-9-22-14-11(19)3-5-21-17(14)23/h2-3,5,9-10,12-13,15-16,24-25H,1,4,6-8,20H2,(H2-,19,21,26,27)/p+1/t10-,12?,13-,15?,16-,28?/m1/s1. The molecule has 3 rings (SSSR count). The predicted octanol–water partition coefficient (Wildman–Crippen LogP) is -0.140. The number of carboxylic acids is 1. The summed E-state index contributed by atoms with van der Waals surface area (Å²) in [6.07, 6.45) is 2.22. The second kappa shape index (κ2) is 8.48. The number of hydrogen-bond donors (Lipinski definition) is 5. The molecule has 2 heterocycles. The monoisotopic (exact) mass is 408 g/mol. The van der Waals surface area contributed by atoms with Gasteiger partial charge in [-0.15, -0.1) is 0 Å². The van der Waals surface area contributed by atoms with Crippen molar-refractivity contribution in [1.29, 1.82) is 0 Å². The summed E-state index contributed by atoms with van der Waals surface area (Å²) in [7, 11) is -0.298. The van der Waals surface area contributed by atoms with Crippen LogP contribution in [-0.4, -0.2) is 65.6 Å². The van der Waals surface area contributed by atoms with Gasteiger partial charge < -0.3 is 31.4 Å². The average molecular weight is 409 g/mol. The Morgan fingerprint density at radius 2 is 2.18 bits per heavy atom. The summed E-state index contributed by atoms with van der Waals surface area (Å²) in [5.74, 6) is 0.0310. The van der Waals surface area contributed by atoms with Crippen molar-refractivity contribution in [2.45, 2.75) is 37.1 Å². The topological polar surface area (TPSA) is 161 Å². The summed E-state index contributed by atoms with van der Waals surface area (Å²) < 4.78 is 1.77. The molecular weight excluding hydrogens is 382 g/mol. The van der Waals surface area contributed by atoms with Crippen LogP contribution in [0.1, 0.15) is 18.9 Å².